The molecule has 9 aromatic rings. The Kier molecular flexibility index (Phi) is 7.41. The predicted octanol–water partition coefficient (Wildman–Crippen LogP) is 15.6. The molecule has 2 aliphatic carbocycles. The first-order valence-electron chi connectivity index (χ1n) is 20.5. The summed E-state index contributed by atoms with van der Waals surface area (Å²) in [4.78, 5) is 2.41. The topological polar surface area (TPSA) is 16.4 Å². The highest BCUT2D eigenvalue weighted by atomic mass is 16.3. The fraction of sp³-hybridized carbons (Fsp3) is 0.143. The Bertz CT molecular complexity index is 3100. The van der Waals surface area contributed by atoms with E-state index in [-0.39, 0.29) is 10.8 Å². The van der Waals surface area contributed by atoms with Crippen LogP contribution in [-0.4, -0.2) is 0 Å². The minimum Gasteiger partial charge on any atom is -0.455 e. The van der Waals surface area contributed by atoms with E-state index in [0.717, 1.165) is 39.4 Å². The van der Waals surface area contributed by atoms with Gasteiger partial charge in [0.05, 0.1) is 0 Å². The smallest absolute Gasteiger partial charge is 0.143 e. The maximum absolute atomic E-state index is 6.81. The second kappa shape index (κ2) is 12.4. The molecule has 1 heterocycles. The largest absolute Gasteiger partial charge is 0.455 e. The van der Waals surface area contributed by atoms with Crippen LogP contribution in [0.4, 0.5) is 17.1 Å². The number of rotatable bonds is 5. The van der Waals surface area contributed by atoms with Crippen LogP contribution in [0.1, 0.15) is 61.1 Å². The van der Waals surface area contributed by atoms with E-state index in [4.69, 9.17) is 4.42 Å². The molecule has 0 bridgehead atoms. The van der Waals surface area contributed by atoms with Crippen molar-refractivity contribution in [2.45, 2.75) is 52.4 Å². The zero-order chi connectivity index (χ0) is 39.5. The number of benzene rings is 8. The zero-order valence-corrected chi connectivity index (χ0v) is 33.9. The summed E-state index contributed by atoms with van der Waals surface area (Å²) in [5.74, 6) is 0. The van der Waals surface area contributed by atoms with Gasteiger partial charge in [-0.2, -0.15) is 0 Å². The molecule has 2 aliphatic rings. The van der Waals surface area contributed by atoms with E-state index in [1.165, 1.54) is 77.5 Å². The predicted molar refractivity (Wildman–Crippen MR) is 244 cm³/mol. The van der Waals surface area contributed by atoms with Gasteiger partial charge in [0.2, 0.25) is 0 Å². The summed E-state index contributed by atoms with van der Waals surface area (Å²) >= 11 is 0. The van der Waals surface area contributed by atoms with Crippen LogP contribution in [0, 0.1) is 13.8 Å². The highest BCUT2D eigenvalue weighted by Gasteiger charge is 2.38. The monoisotopic (exact) mass is 747 g/mol. The van der Waals surface area contributed by atoms with E-state index in [9.17, 15) is 0 Å². The van der Waals surface area contributed by atoms with E-state index >= 15 is 0 Å². The fourth-order valence-corrected chi connectivity index (χ4v) is 10.5. The lowest BCUT2D eigenvalue weighted by Gasteiger charge is -2.28. The number of furan rings is 1. The van der Waals surface area contributed by atoms with Gasteiger partial charge < -0.3 is 9.32 Å². The standard InChI is InChI=1S/C56H45NO/c1-34-13-11-14-35(2)51(34)37-23-27-39(28-24-37)57(40-29-30-44-42-15-7-9-19-47(42)55(3,4)49(44)33-40)38-25-21-36(22-26-38)41-17-12-18-46-52-50(58-54(41)46)32-31-45-43-16-8-10-20-48(43)56(5,6)53(45)52/h7-33H,1-6H3. The average molecular weight is 748 g/mol. The molecular weight excluding hydrogens is 703 g/mol. The van der Waals surface area contributed by atoms with Crippen LogP contribution in [-0.2, 0) is 10.8 Å². The molecule has 0 aliphatic heterocycles. The van der Waals surface area contributed by atoms with Crippen LogP contribution in [0.2, 0.25) is 0 Å². The number of aryl methyl sites for hydroxylation is 2. The van der Waals surface area contributed by atoms with Crippen molar-refractivity contribution in [3.63, 3.8) is 0 Å². The van der Waals surface area contributed by atoms with Gasteiger partial charge in [0.1, 0.15) is 11.2 Å². The third kappa shape index (κ3) is 4.91. The summed E-state index contributed by atoms with van der Waals surface area (Å²) in [6, 6.07) is 60.5. The second-order valence-corrected chi connectivity index (χ2v) is 17.4. The fourth-order valence-electron chi connectivity index (χ4n) is 10.5. The Balaban J connectivity index is 1.03. The van der Waals surface area contributed by atoms with Gasteiger partial charge in [-0.25, -0.2) is 0 Å². The molecule has 0 amide bonds. The van der Waals surface area contributed by atoms with Gasteiger partial charge >= 0.3 is 0 Å². The number of nitrogens with zero attached hydrogens (tertiary/aromatic N) is 1. The van der Waals surface area contributed by atoms with Crippen molar-refractivity contribution in [2.75, 3.05) is 4.90 Å². The first-order chi connectivity index (χ1) is 28.1. The molecule has 0 fully saturated rings. The maximum Gasteiger partial charge on any atom is 0.143 e. The van der Waals surface area contributed by atoms with Gasteiger partial charge in [0.15, 0.2) is 0 Å². The average Bonchev–Trinajstić information content (AvgIpc) is 3.81. The van der Waals surface area contributed by atoms with E-state index in [1.54, 1.807) is 0 Å². The molecule has 0 saturated carbocycles. The Morgan fingerprint density at radius 2 is 0.966 bits per heavy atom. The molecule has 1 aromatic heterocycles. The zero-order valence-electron chi connectivity index (χ0n) is 33.9. The molecule has 0 atom stereocenters. The van der Waals surface area contributed by atoms with Crippen molar-refractivity contribution in [1.82, 2.24) is 0 Å². The molecule has 8 aromatic carbocycles. The summed E-state index contributed by atoms with van der Waals surface area (Å²) in [6.07, 6.45) is 0. The van der Waals surface area contributed by atoms with Gasteiger partial charge in [-0.1, -0.05) is 149 Å². The van der Waals surface area contributed by atoms with E-state index in [2.05, 4.69) is 210 Å². The molecule has 0 N–H and O–H groups in total. The molecular formula is C56H45NO. The van der Waals surface area contributed by atoms with Crippen molar-refractivity contribution in [3.8, 4) is 44.5 Å². The third-order valence-electron chi connectivity index (χ3n) is 13.3. The highest BCUT2D eigenvalue weighted by molar-refractivity contribution is 6.14. The molecule has 0 saturated heterocycles. The summed E-state index contributed by atoms with van der Waals surface area (Å²) in [6.45, 7) is 13.8. The summed E-state index contributed by atoms with van der Waals surface area (Å²) in [5, 5.41) is 2.39. The molecule has 0 unspecified atom stereocenters. The lowest BCUT2D eigenvalue weighted by molar-refractivity contribution is 0.657. The lowest BCUT2D eigenvalue weighted by atomic mass is 9.80. The number of hydrogen-bond acceptors (Lipinski definition) is 2. The molecule has 0 spiro atoms. The molecule has 280 valence electrons. The molecule has 0 radical (unpaired) electrons. The summed E-state index contributed by atoms with van der Waals surface area (Å²) < 4.78 is 6.81. The second-order valence-electron chi connectivity index (χ2n) is 17.4. The van der Waals surface area contributed by atoms with Crippen LogP contribution < -0.4 is 4.90 Å². The van der Waals surface area contributed by atoms with Crippen LogP contribution in [0.3, 0.4) is 0 Å². The summed E-state index contributed by atoms with van der Waals surface area (Å²) in [7, 11) is 0. The van der Waals surface area contributed by atoms with E-state index in [0.29, 0.717) is 0 Å². The van der Waals surface area contributed by atoms with E-state index < -0.39 is 0 Å². The minimum atomic E-state index is -0.129. The van der Waals surface area contributed by atoms with Gasteiger partial charge in [-0.15, -0.1) is 0 Å². The normalized spacial score (nSPS) is 14.3. The molecule has 2 heteroatoms. The Labute approximate surface area is 341 Å². The molecule has 11 rings (SSSR count). The van der Waals surface area contributed by atoms with Crippen molar-refractivity contribution >= 4 is 39.0 Å². The van der Waals surface area contributed by atoms with Crippen molar-refractivity contribution < 1.29 is 4.42 Å². The van der Waals surface area contributed by atoms with Crippen LogP contribution in [0.15, 0.2) is 168 Å². The summed E-state index contributed by atoms with van der Waals surface area (Å²) in [5.41, 5.74) is 23.1. The SMILES string of the molecule is Cc1cccc(C)c1-c1ccc(N(c2ccc(-c3cccc4c3oc3ccc5c(c34)C(C)(C)c3ccccc3-5)cc2)c2ccc3c(c2)C(C)(C)c2ccccc2-3)cc1. The molecule has 58 heavy (non-hydrogen) atoms. The van der Waals surface area contributed by atoms with E-state index in [1.807, 2.05) is 0 Å². The maximum atomic E-state index is 6.81. The van der Waals surface area contributed by atoms with Crippen LogP contribution in [0.5, 0.6) is 0 Å². The first-order valence-corrected chi connectivity index (χ1v) is 20.5. The van der Waals surface area contributed by atoms with Crippen molar-refractivity contribution in [3.05, 3.63) is 197 Å². The third-order valence-corrected chi connectivity index (χ3v) is 13.3. The van der Waals surface area contributed by atoms with Crippen molar-refractivity contribution in [2.24, 2.45) is 0 Å². The number of anilines is 3. The minimum absolute atomic E-state index is 0.104. The molecule has 2 nitrogen and oxygen atoms in total. The van der Waals surface area contributed by atoms with Crippen molar-refractivity contribution in [1.29, 1.82) is 0 Å². The number of fused-ring (bicyclic) bond motifs is 10. The Morgan fingerprint density at radius 3 is 1.66 bits per heavy atom. The van der Waals surface area contributed by atoms with Gasteiger partial charge in [-0.3, -0.25) is 0 Å². The number of hydrogen-bond donors (Lipinski definition) is 0. The quantitative estimate of drug-likeness (QED) is 0.174. The van der Waals surface area contributed by atoms with Crippen LogP contribution >= 0.6 is 0 Å². The van der Waals surface area contributed by atoms with Gasteiger partial charge in [0.25, 0.3) is 0 Å². The lowest BCUT2D eigenvalue weighted by Crippen LogP contribution is -2.16. The first kappa shape index (κ1) is 34.6. The number of para-hydroxylation sites is 1. The van der Waals surface area contributed by atoms with Gasteiger partial charge in [0, 0.05) is 44.2 Å². The Hall–Kier alpha value is -6.64. The Morgan fingerprint density at radius 1 is 0.431 bits per heavy atom. The van der Waals surface area contributed by atoms with Crippen LogP contribution in [0.25, 0.3) is 66.4 Å². The highest BCUT2D eigenvalue weighted by Crippen LogP contribution is 2.54. The van der Waals surface area contributed by atoms with Gasteiger partial charge in [-0.05, 0) is 129 Å².